The van der Waals surface area contributed by atoms with E-state index in [-0.39, 0.29) is 40.6 Å². The smallest absolute Gasteiger partial charge is 0.383 e. The zero-order valence-corrected chi connectivity index (χ0v) is 30.1. The molecule has 4 rings (SSSR count). The third-order valence-corrected chi connectivity index (χ3v) is 8.09. The topological polar surface area (TPSA) is 150 Å². The fourth-order valence-electron chi connectivity index (χ4n) is 3.56. The molecule has 0 saturated carbocycles. The molecule has 0 saturated heterocycles. The van der Waals surface area contributed by atoms with Crippen molar-refractivity contribution in [2.75, 3.05) is 37.1 Å². The molecule has 1 amide bonds. The van der Waals surface area contributed by atoms with E-state index in [4.69, 9.17) is 16.3 Å². The minimum Gasteiger partial charge on any atom is -0.383 e. The molecule has 0 radical (unpaired) electrons. The lowest BCUT2D eigenvalue weighted by Crippen LogP contribution is -2.26. The number of nitrogens with two attached hydrogens (primary N) is 2. The fraction of sp³-hybridized carbons (Fsp3) is 0.290. The van der Waals surface area contributed by atoms with Crippen molar-refractivity contribution < 1.29 is 49.5 Å². The van der Waals surface area contributed by atoms with E-state index in [2.05, 4.69) is 35.9 Å². The Morgan fingerprint density at radius 2 is 1.23 bits per heavy atom. The van der Waals surface area contributed by atoms with Gasteiger partial charge in [0.15, 0.2) is 16.1 Å². The Labute approximate surface area is 310 Å². The number of carbonyl (C=O) groups is 2. The van der Waals surface area contributed by atoms with Crippen LogP contribution in [0.1, 0.15) is 58.7 Å². The van der Waals surface area contributed by atoms with Crippen LogP contribution in [0.4, 0.5) is 46.8 Å². The number of aromatic nitrogens is 4. The van der Waals surface area contributed by atoms with Crippen LogP contribution >= 0.6 is 39.5 Å². The Kier molecular flexibility index (Phi) is 17.9. The van der Waals surface area contributed by atoms with Crippen LogP contribution in [0, 0.1) is 11.6 Å². The predicted octanol–water partition coefficient (Wildman–Crippen LogP) is 8.61. The lowest BCUT2D eigenvalue weighted by molar-refractivity contribution is -0.138. The van der Waals surface area contributed by atoms with Crippen molar-refractivity contribution in [2.24, 2.45) is 0 Å². The number of benzene rings is 2. The average molecular weight is 847 g/mol. The number of anilines is 2. The van der Waals surface area contributed by atoms with E-state index in [9.17, 15) is 44.7 Å². The highest BCUT2D eigenvalue weighted by Gasteiger charge is 2.36. The molecular formula is C31H32BrF8N7O3S2. The van der Waals surface area contributed by atoms with Gasteiger partial charge >= 0.3 is 12.4 Å². The second-order valence-electron chi connectivity index (χ2n) is 9.39. The molecule has 21 heteroatoms. The monoisotopic (exact) mass is 845 g/mol. The van der Waals surface area contributed by atoms with Crippen molar-refractivity contribution >= 4 is 62.8 Å². The van der Waals surface area contributed by atoms with Gasteiger partial charge in [0.05, 0.1) is 23.8 Å². The number of carbonyl (C=O) groups excluding carboxylic acids is 2. The maximum Gasteiger partial charge on any atom is 0.417 e. The van der Waals surface area contributed by atoms with E-state index in [1.165, 1.54) is 43.9 Å². The van der Waals surface area contributed by atoms with Crippen LogP contribution in [-0.2, 0) is 17.2 Å². The third kappa shape index (κ3) is 13.2. The van der Waals surface area contributed by atoms with Gasteiger partial charge in [-0.25, -0.2) is 33.8 Å². The molecule has 2 heterocycles. The number of hydroxylamine groups is 2. The summed E-state index contributed by atoms with van der Waals surface area (Å²) in [5.41, 5.74) is 8.30. The molecule has 2 aromatic carbocycles. The highest BCUT2D eigenvalue weighted by molar-refractivity contribution is 9.10. The maximum atomic E-state index is 13.3. The van der Waals surface area contributed by atoms with Gasteiger partial charge in [-0.1, -0.05) is 60.7 Å². The van der Waals surface area contributed by atoms with Crippen molar-refractivity contribution in [1.82, 2.24) is 25.0 Å². The zero-order valence-electron chi connectivity index (χ0n) is 26.9. The van der Waals surface area contributed by atoms with Gasteiger partial charge in [-0.3, -0.25) is 14.4 Å². The molecule has 0 fully saturated rings. The molecule has 0 aliphatic heterocycles. The Morgan fingerprint density at radius 1 is 0.788 bits per heavy atom. The summed E-state index contributed by atoms with van der Waals surface area (Å²) in [5, 5.41) is 1.94. The van der Waals surface area contributed by atoms with Crippen molar-refractivity contribution in [3.05, 3.63) is 92.7 Å². The predicted molar refractivity (Wildman–Crippen MR) is 185 cm³/mol. The number of nitrogen functional groups attached to an aromatic ring is 2. The molecule has 0 bridgehead atoms. The van der Waals surface area contributed by atoms with Gasteiger partial charge in [-0.05, 0) is 47.9 Å². The summed E-state index contributed by atoms with van der Waals surface area (Å²) < 4.78 is 100. The molecule has 0 aliphatic rings. The number of rotatable bonds is 8. The quantitative estimate of drug-likeness (QED) is 0.0577. The summed E-state index contributed by atoms with van der Waals surface area (Å²) in [4.78, 5) is 44.6. The van der Waals surface area contributed by atoms with Gasteiger partial charge in [0.1, 0.15) is 28.8 Å². The van der Waals surface area contributed by atoms with Gasteiger partial charge < -0.3 is 11.5 Å². The van der Waals surface area contributed by atoms with Crippen LogP contribution in [0.25, 0.3) is 0 Å². The van der Waals surface area contributed by atoms with Gasteiger partial charge in [-0.2, -0.15) is 26.3 Å². The number of halogens is 9. The largest absolute Gasteiger partial charge is 0.417 e. The number of alkyl halides is 6. The summed E-state index contributed by atoms with van der Waals surface area (Å²) in [6.45, 7) is 3.84. The van der Waals surface area contributed by atoms with Crippen LogP contribution in [0.3, 0.4) is 0 Å². The first-order valence-corrected chi connectivity index (χ1v) is 16.8. The summed E-state index contributed by atoms with van der Waals surface area (Å²) in [6.07, 6.45) is -6.77. The van der Waals surface area contributed by atoms with E-state index in [1.54, 1.807) is 0 Å². The summed E-state index contributed by atoms with van der Waals surface area (Å²) in [6, 6.07) is 3.93. The Morgan fingerprint density at radius 3 is 1.63 bits per heavy atom. The second kappa shape index (κ2) is 20.2. The van der Waals surface area contributed by atoms with Crippen LogP contribution < -0.4 is 11.5 Å². The third-order valence-electron chi connectivity index (χ3n) is 5.94. The van der Waals surface area contributed by atoms with Crippen molar-refractivity contribution in [3.8, 4) is 0 Å². The Bertz CT molecular complexity index is 1840. The Hall–Kier alpha value is -4.08. The highest BCUT2D eigenvalue weighted by Crippen LogP contribution is 2.35. The van der Waals surface area contributed by atoms with Crippen LogP contribution in [0.2, 0.25) is 0 Å². The molecule has 2 aromatic heterocycles. The molecule has 4 N–H and O–H groups in total. The summed E-state index contributed by atoms with van der Waals surface area (Å²) in [5.74, 6) is -1.68. The molecule has 52 heavy (non-hydrogen) atoms. The first kappa shape index (κ1) is 45.9. The molecule has 0 atom stereocenters. The van der Waals surface area contributed by atoms with Crippen molar-refractivity contribution in [1.29, 1.82) is 0 Å². The maximum absolute atomic E-state index is 13.3. The van der Waals surface area contributed by atoms with E-state index in [1.807, 2.05) is 13.8 Å². The number of ketones is 1. The fourth-order valence-corrected chi connectivity index (χ4v) is 5.23. The lowest BCUT2D eigenvalue weighted by Gasteiger charge is -2.14. The van der Waals surface area contributed by atoms with Crippen LogP contribution in [0.5, 0.6) is 0 Å². The molecule has 4 aromatic rings. The normalized spacial score (nSPS) is 10.9. The molecule has 0 aliphatic carbocycles. The lowest BCUT2D eigenvalue weighted by atomic mass is 9.99. The molecule has 10 nitrogen and oxygen atoms in total. The zero-order chi connectivity index (χ0) is 38.7. The van der Waals surface area contributed by atoms with Gasteiger partial charge in [0, 0.05) is 29.5 Å². The summed E-state index contributed by atoms with van der Waals surface area (Å²) in [7, 11) is 2.90. The van der Waals surface area contributed by atoms with E-state index >= 15 is 0 Å². The van der Waals surface area contributed by atoms with Gasteiger partial charge in [-0.15, -0.1) is 0 Å². The van der Waals surface area contributed by atoms with Gasteiger partial charge in [0.25, 0.3) is 5.91 Å². The Balaban J connectivity index is 0.000000409. The first-order valence-electron chi connectivity index (χ1n) is 14.0. The number of hydrogen-bond donors (Lipinski definition) is 2. The number of nitrogens with zero attached hydrogens (tertiary/aromatic N) is 5. The van der Waals surface area contributed by atoms with Crippen LogP contribution in [0.15, 0.2) is 63.6 Å². The summed E-state index contributed by atoms with van der Waals surface area (Å²) >= 11 is 5.35. The van der Waals surface area contributed by atoms with Crippen molar-refractivity contribution in [3.63, 3.8) is 0 Å². The molecule has 0 spiro atoms. The number of amides is 1. The van der Waals surface area contributed by atoms with Crippen LogP contribution in [-0.4, -0.2) is 62.4 Å². The van der Waals surface area contributed by atoms with Crippen molar-refractivity contribution in [2.45, 2.75) is 43.9 Å². The minimum absolute atomic E-state index is 0. The molecular weight excluding hydrogens is 814 g/mol. The second-order valence-corrected chi connectivity index (χ2v) is 12.7. The van der Waals surface area contributed by atoms with E-state index < -0.39 is 46.5 Å². The van der Waals surface area contributed by atoms with E-state index in [0.29, 0.717) is 40.3 Å². The molecule has 0 unspecified atom stereocenters. The standard InChI is InChI=1S/C14H11F4N3OS.C9H14N4O2S.C7H3BrF4.CH4/c1-2-23-13-20-6-9(12(19)21-13)11(22)8-5-7(15)3-4-10(8)14(16,17)18;1-4-16-9-11-5-6(7(10)12-9)8(14)13(2)15-3;8-6-3-4(9)1-2-5(6)7(10,11)12;/h3-6H,2H2,1H3,(H2,19,20,21);5H,4H2,1-3H3,(H2,10,11,12);1-3H;1H4. The SMILES string of the molecule is C.CCSc1ncc(C(=O)N(C)OC)c(N)n1.CCSc1ncc(C(=O)c2cc(F)ccc2C(F)(F)F)c(N)n1.Fc1ccc(C(F)(F)F)c(Br)c1. The molecule has 284 valence electrons. The van der Waals surface area contributed by atoms with E-state index in [0.717, 1.165) is 29.1 Å². The highest BCUT2D eigenvalue weighted by atomic mass is 79.9. The number of hydrogen-bond acceptors (Lipinski definition) is 11. The van der Waals surface area contributed by atoms with Gasteiger partial charge in [0.2, 0.25) is 0 Å². The minimum atomic E-state index is -4.80. The number of thioether (sulfide) groups is 2. The average Bonchev–Trinajstić information content (AvgIpc) is 3.03. The first-order chi connectivity index (χ1) is 23.7.